The van der Waals surface area contributed by atoms with Crippen LogP contribution in [-0.4, -0.2) is 29.4 Å². The van der Waals surface area contributed by atoms with Crippen molar-refractivity contribution in [3.8, 4) is 0 Å². The summed E-state index contributed by atoms with van der Waals surface area (Å²) < 4.78 is 25.6. The monoisotopic (exact) mass is 390 g/mol. The number of halogens is 1. The number of carboxylic acid groups (broad SMARTS) is 1. The molecule has 1 N–H and O–H groups in total. The molecule has 0 bridgehead atoms. The van der Waals surface area contributed by atoms with Gasteiger partial charge in [0.05, 0.1) is 24.2 Å². The average molecular weight is 390 g/mol. The number of carbonyl (C=O) groups excluding carboxylic acids is 1. The van der Waals surface area contributed by atoms with Crippen LogP contribution in [0.5, 0.6) is 0 Å². The summed E-state index contributed by atoms with van der Waals surface area (Å²) >= 11 is 0. The van der Waals surface area contributed by atoms with Crippen molar-refractivity contribution in [3.05, 3.63) is 59.4 Å². The van der Waals surface area contributed by atoms with E-state index in [4.69, 9.17) is 14.6 Å². The fraction of sp³-hybridized carbons (Fsp3) is 0.455. The molecule has 0 aliphatic heterocycles. The third kappa shape index (κ3) is 6.30. The largest absolute Gasteiger partial charge is 0.478 e. The summed E-state index contributed by atoms with van der Waals surface area (Å²) in [5.41, 5.74) is -0.138. The topological polar surface area (TPSA) is 72.8 Å². The number of rotatable bonds is 11. The van der Waals surface area contributed by atoms with Gasteiger partial charge in [-0.25, -0.2) is 14.0 Å². The van der Waals surface area contributed by atoms with Gasteiger partial charge >= 0.3 is 11.9 Å². The van der Waals surface area contributed by atoms with Gasteiger partial charge in [-0.15, -0.1) is 0 Å². The molecule has 5 nitrogen and oxygen atoms in total. The van der Waals surface area contributed by atoms with Gasteiger partial charge in [0.1, 0.15) is 5.83 Å². The van der Waals surface area contributed by atoms with Gasteiger partial charge in [0.15, 0.2) is 0 Å². The molecule has 0 spiro atoms. The number of carbonyl (C=O) groups is 2. The van der Waals surface area contributed by atoms with E-state index in [-0.39, 0.29) is 6.61 Å². The highest BCUT2D eigenvalue weighted by Gasteiger charge is 2.39. The average Bonchev–Trinajstić information content (AvgIpc) is 2.67. The van der Waals surface area contributed by atoms with Gasteiger partial charge in [-0.05, 0) is 30.7 Å². The van der Waals surface area contributed by atoms with E-state index in [1.165, 1.54) is 12.5 Å². The number of unbranched alkanes of at least 4 members (excludes halogenated alkanes) is 5. The fourth-order valence-electron chi connectivity index (χ4n) is 2.97. The summed E-state index contributed by atoms with van der Waals surface area (Å²) in [6, 6.07) is 8.33. The summed E-state index contributed by atoms with van der Waals surface area (Å²) in [6.07, 6.45) is 8.26. The first-order valence-corrected chi connectivity index (χ1v) is 9.71. The number of benzene rings is 1. The van der Waals surface area contributed by atoms with Crippen LogP contribution >= 0.6 is 0 Å². The van der Waals surface area contributed by atoms with Gasteiger partial charge in [0.25, 0.3) is 0 Å². The zero-order chi connectivity index (χ0) is 20.4. The van der Waals surface area contributed by atoms with Crippen molar-refractivity contribution in [2.24, 2.45) is 0 Å². The lowest BCUT2D eigenvalue weighted by atomic mass is 10.00. The number of hydrogen-bond donors (Lipinski definition) is 1. The Kier molecular flexibility index (Phi) is 8.39. The Bertz CT molecular complexity index is 726. The van der Waals surface area contributed by atoms with E-state index in [0.29, 0.717) is 5.56 Å². The third-order valence-corrected chi connectivity index (χ3v) is 4.55. The Morgan fingerprint density at radius 2 is 1.79 bits per heavy atom. The number of esters is 1. The van der Waals surface area contributed by atoms with E-state index in [1.54, 1.807) is 30.3 Å². The summed E-state index contributed by atoms with van der Waals surface area (Å²) in [6.45, 7) is 2.44. The van der Waals surface area contributed by atoms with E-state index in [0.717, 1.165) is 38.2 Å². The molecular formula is C22H27FO5. The number of ether oxygens (including phenoxy) is 2. The summed E-state index contributed by atoms with van der Waals surface area (Å²) in [7, 11) is 0. The molecule has 0 heterocycles. The van der Waals surface area contributed by atoms with Crippen LogP contribution in [0.1, 0.15) is 62.2 Å². The van der Waals surface area contributed by atoms with Crippen molar-refractivity contribution in [2.75, 3.05) is 6.61 Å². The number of hydrogen-bond acceptors (Lipinski definition) is 4. The first-order valence-electron chi connectivity index (χ1n) is 9.71. The molecule has 0 saturated carbocycles. The zero-order valence-electron chi connectivity index (χ0n) is 16.2. The van der Waals surface area contributed by atoms with Crippen LogP contribution in [0.15, 0.2) is 53.9 Å². The summed E-state index contributed by atoms with van der Waals surface area (Å²) in [5, 5.41) is 9.06. The maximum absolute atomic E-state index is 14.3. The van der Waals surface area contributed by atoms with E-state index < -0.39 is 35.5 Å². The van der Waals surface area contributed by atoms with Crippen molar-refractivity contribution < 1.29 is 28.6 Å². The first kappa shape index (κ1) is 21.8. The van der Waals surface area contributed by atoms with Crippen LogP contribution in [0.25, 0.3) is 0 Å². The second-order valence-corrected chi connectivity index (χ2v) is 6.82. The predicted octanol–water partition coefficient (Wildman–Crippen LogP) is 5.18. The van der Waals surface area contributed by atoms with Gasteiger partial charge in [0, 0.05) is 0 Å². The standard InChI is InChI=1S/C22H27FO5/c1-2-3-4-5-6-10-15-27-22(14-13-18(20(24)25)19(23)16-22)28-21(26)17-11-8-7-9-12-17/h7-9,11-14H,2-6,10,15-16H2,1H3,(H,24,25). The molecule has 1 atom stereocenters. The quantitative estimate of drug-likeness (QED) is 0.320. The van der Waals surface area contributed by atoms with E-state index in [9.17, 15) is 14.0 Å². The van der Waals surface area contributed by atoms with Crippen molar-refractivity contribution in [1.82, 2.24) is 0 Å². The van der Waals surface area contributed by atoms with Gasteiger partial charge in [-0.1, -0.05) is 57.2 Å². The minimum absolute atomic E-state index is 0.286. The second kappa shape index (κ2) is 10.8. The highest BCUT2D eigenvalue weighted by molar-refractivity contribution is 5.91. The van der Waals surface area contributed by atoms with Crippen molar-refractivity contribution in [3.63, 3.8) is 0 Å². The summed E-state index contributed by atoms with van der Waals surface area (Å²) in [5.74, 6) is -4.54. The molecular weight excluding hydrogens is 363 g/mol. The van der Waals surface area contributed by atoms with Crippen LogP contribution in [-0.2, 0) is 14.3 Å². The van der Waals surface area contributed by atoms with E-state index >= 15 is 0 Å². The molecule has 0 radical (unpaired) electrons. The molecule has 152 valence electrons. The molecule has 1 unspecified atom stereocenters. The molecule has 6 heteroatoms. The smallest absolute Gasteiger partial charge is 0.340 e. The molecule has 1 aromatic rings. The lowest BCUT2D eigenvalue weighted by Gasteiger charge is -2.32. The highest BCUT2D eigenvalue weighted by Crippen LogP contribution is 2.33. The minimum atomic E-state index is -1.64. The van der Waals surface area contributed by atoms with Crippen LogP contribution in [0.3, 0.4) is 0 Å². The van der Waals surface area contributed by atoms with Crippen molar-refractivity contribution >= 4 is 11.9 Å². The zero-order valence-corrected chi connectivity index (χ0v) is 16.2. The highest BCUT2D eigenvalue weighted by atomic mass is 19.1. The molecule has 1 aliphatic carbocycles. The van der Waals surface area contributed by atoms with Gasteiger partial charge in [-0.3, -0.25) is 0 Å². The lowest BCUT2D eigenvalue weighted by molar-refractivity contribution is -0.173. The van der Waals surface area contributed by atoms with Crippen LogP contribution < -0.4 is 0 Å². The Balaban J connectivity index is 2.04. The van der Waals surface area contributed by atoms with Crippen molar-refractivity contribution in [1.29, 1.82) is 0 Å². The van der Waals surface area contributed by atoms with Crippen molar-refractivity contribution in [2.45, 2.75) is 57.7 Å². The second-order valence-electron chi connectivity index (χ2n) is 6.82. The Morgan fingerprint density at radius 1 is 1.11 bits per heavy atom. The Labute approximate surface area is 164 Å². The molecule has 0 amide bonds. The Morgan fingerprint density at radius 3 is 2.43 bits per heavy atom. The normalized spacial score (nSPS) is 18.9. The van der Waals surface area contributed by atoms with Gasteiger partial charge in [-0.2, -0.15) is 0 Å². The molecule has 1 aliphatic rings. The van der Waals surface area contributed by atoms with Crippen LogP contribution in [0, 0.1) is 0 Å². The van der Waals surface area contributed by atoms with Crippen LogP contribution in [0.4, 0.5) is 4.39 Å². The maximum Gasteiger partial charge on any atom is 0.340 e. The third-order valence-electron chi connectivity index (χ3n) is 4.55. The number of carboxylic acids is 1. The maximum atomic E-state index is 14.3. The minimum Gasteiger partial charge on any atom is -0.478 e. The van der Waals surface area contributed by atoms with E-state index in [1.807, 2.05) is 0 Å². The fourth-order valence-corrected chi connectivity index (χ4v) is 2.97. The molecule has 28 heavy (non-hydrogen) atoms. The first-order chi connectivity index (χ1) is 13.5. The SMILES string of the molecule is CCCCCCCCOC1(OC(=O)c2ccccc2)C=CC(C(=O)O)=C(F)C1. The number of aliphatic carboxylic acids is 1. The lowest BCUT2D eigenvalue weighted by Crippen LogP contribution is -2.38. The molecule has 0 aromatic heterocycles. The predicted molar refractivity (Wildman–Crippen MR) is 103 cm³/mol. The molecule has 0 fully saturated rings. The van der Waals surface area contributed by atoms with Gasteiger partial charge in [0.2, 0.25) is 5.79 Å². The molecule has 2 rings (SSSR count). The van der Waals surface area contributed by atoms with Crippen LogP contribution in [0.2, 0.25) is 0 Å². The Hall–Kier alpha value is -2.47. The molecule has 0 saturated heterocycles. The summed E-state index contributed by atoms with van der Waals surface area (Å²) in [4.78, 5) is 23.6. The van der Waals surface area contributed by atoms with E-state index in [2.05, 4.69) is 6.92 Å². The molecule has 1 aromatic carbocycles. The van der Waals surface area contributed by atoms with Gasteiger partial charge < -0.3 is 14.6 Å².